The van der Waals surface area contributed by atoms with Gasteiger partial charge in [-0.05, 0) is 55.8 Å². The first-order chi connectivity index (χ1) is 20.9. The minimum atomic E-state index is -0.544. The van der Waals surface area contributed by atoms with Gasteiger partial charge in [0.25, 0.3) is 0 Å². The maximum Gasteiger partial charge on any atom is 0.319 e. The second-order valence-electron chi connectivity index (χ2n) is 11.3. The van der Waals surface area contributed by atoms with E-state index < -0.39 is 5.82 Å². The Morgan fingerprint density at radius 1 is 1.19 bits per heavy atom. The molecule has 6 rings (SSSR count). The van der Waals surface area contributed by atoms with Crippen LogP contribution in [-0.2, 0) is 4.79 Å². The molecule has 0 aliphatic carbocycles. The van der Waals surface area contributed by atoms with Gasteiger partial charge in [0.05, 0.1) is 5.39 Å². The number of carbonyl (C=O) groups excluding carboxylic acids is 1. The van der Waals surface area contributed by atoms with Gasteiger partial charge in [0, 0.05) is 37.4 Å². The van der Waals surface area contributed by atoms with E-state index in [1.165, 1.54) is 6.08 Å². The van der Waals surface area contributed by atoms with E-state index in [4.69, 9.17) is 16.3 Å². The molecule has 0 bridgehead atoms. The van der Waals surface area contributed by atoms with Gasteiger partial charge < -0.3 is 24.3 Å². The van der Waals surface area contributed by atoms with E-state index in [1.807, 2.05) is 48.2 Å². The molecule has 0 saturated carbocycles. The van der Waals surface area contributed by atoms with Crippen LogP contribution in [0, 0.1) is 19.3 Å². The van der Waals surface area contributed by atoms with Crippen LogP contribution in [0.5, 0.6) is 6.01 Å². The quantitative estimate of drug-likeness (QED) is 0.228. The molecule has 2 aliphatic heterocycles. The topological polar surface area (TPSA) is 79.1 Å². The zero-order valence-corrected chi connectivity index (χ0v) is 24.5. The second-order valence-corrected chi connectivity index (χ2v) is 11.3. The predicted molar refractivity (Wildman–Crippen MR) is 165 cm³/mol. The van der Waals surface area contributed by atoms with Crippen molar-refractivity contribution in [2.75, 3.05) is 51.3 Å². The normalized spacial score (nSPS) is 19.1. The lowest BCUT2D eigenvalue weighted by atomic mass is 9.97. The lowest BCUT2D eigenvalue weighted by Crippen LogP contribution is -2.56. The molecular weight excluding hydrogens is 545 g/mol. The summed E-state index contributed by atoms with van der Waals surface area (Å²) in [7, 11) is 2.07. The third-order valence-electron chi connectivity index (χ3n) is 8.63. The Labute approximate surface area is 250 Å². The summed E-state index contributed by atoms with van der Waals surface area (Å²) in [6, 6.07) is 11.8. The highest BCUT2D eigenvalue weighted by atomic mass is 19.1. The van der Waals surface area contributed by atoms with Crippen LogP contribution in [-0.4, -0.2) is 89.1 Å². The van der Waals surface area contributed by atoms with Gasteiger partial charge in [-0.1, -0.05) is 43.0 Å². The highest BCUT2D eigenvalue weighted by Crippen LogP contribution is 2.36. The number of ether oxygens (including phenoxy) is 1. The molecule has 0 unspecified atom stereocenters. The van der Waals surface area contributed by atoms with Gasteiger partial charge >= 0.3 is 6.01 Å². The number of likely N-dealkylation sites (N-methyl/N-ethyl adjacent to an activating group) is 1. The first-order valence-corrected chi connectivity index (χ1v) is 14.6. The number of carbonyl (C=O) groups is 1. The summed E-state index contributed by atoms with van der Waals surface area (Å²) in [4.78, 5) is 36.0. The molecular formula is C33H34FN7O2. The Hall–Kier alpha value is -4.62. The SMILES string of the molecule is [C-]#[N+]C[C@H]1CN(c2nc(OC[C@@H]3CCCN3C)nc3c(F)c(-c4cccc5cccc(C)c45)ncc23)CCN1C(=O)C=C. The van der Waals surface area contributed by atoms with Gasteiger partial charge in [0.2, 0.25) is 12.5 Å². The molecule has 0 radical (unpaired) electrons. The number of hydrogen-bond acceptors (Lipinski definition) is 7. The fraction of sp³-hybridized carbons (Fsp3) is 0.364. The van der Waals surface area contributed by atoms with Crippen LogP contribution >= 0.6 is 0 Å². The Balaban J connectivity index is 1.46. The number of piperazine rings is 1. The van der Waals surface area contributed by atoms with Crippen molar-refractivity contribution < 1.29 is 13.9 Å². The molecule has 2 saturated heterocycles. The zero-order chi connectivity index (χ0) is 30.1. The molecule has 1 amide bonds. The minimum Gasteiger partial charge on any atom is -0.462 e. The van der Waals surface area contributed by atoms with Crippen molar-refractivity contribution in [3.05, 3.63) is 78.0 Å². The van der Waals surface area contributed by atoms with Crippen LogP contribution in [0.15, 0.2) is 55.3 Å². The van der Waals surface area contributed by atoms with E-state index in [-0.39, 0.29) is 41.8 Å². The average Bonchev–Trinajstić information content (AvgIpc) is 3.44. The number of nitrogens with zero attached hydrogens (tertiary/aromatic N) is 7. The van der Waals surface area contributed by atoms with Crippen LogP contribution < -0.4 is 9.64 Å². The molecule has 4 heterocycles. The van der Waals surface area contributed by atoms with E-state index in [2.05, 4.69) is 33.3 Å². The molecule has 0 spiro atoms. The van der Waals surface area contributed by atoms with Gasteiger partial charge in [-0.2, -0.15) is 9.97 Å². The standard InChI is InChI=1S/C33H34FN7O2/c1-5-27(42)41-16-15-40(19-24(41)17-35-3)32-26-18-36-30(25-13-7-11-22-10-6-9-21(2)28(22)25)29(34)31(26)37-33(38-32)43-20-23-12-8-14-39(23)4/h5-7,9-11,13,18,23-24H,1,8,12,14-17,19-20H2,2,4H3/t23-,24-/m0/s1. The Morgan fingerprint density at radius 2 is 2.00 bits per heavy atom. The van der Waals surface area contributed by atoms with E-state index in [9.17, 15) is 4.79 Å². The van der Waals surface area contributed by atoms with Gasteiger partial charge in [-0.25, -0.2) is 11.0 Å². The van der Waals surface area contributed by atoms with E-state index >= 15 is 4.39 Å². The first-order valence-electron chi connectivity index (χ1n) is 14.6. The summed E-state index contributed by atoms with van der Waals surface area (Å²) in [5.41, 5.74) is 2.06. The smallest absolute Gasteiger partial charge is 0.319 e. The zero-order valence-electron chi connectivity index (χ0n) is 24.5. The van der Waals surface area contributed by atoms with Gasteiger partial charge in [-0.3, -0.25) is 9.78 Å². The number of likely N-dealkylation sites (tertiary alicyclic amines) is 1. The fourth-order valence-electron chi connectivity index (χ4n) is 6.32. The van der Waals surface area contributed by atoms with Crippen LogP contribution in [0.4, 0.5) is 10.2 Å². The highest BCUT2D eigenvalue weighted by molar-refractivity contribution is 6.00. The largest absolute Gasteiger partial charge is 0.462 e. The van der Waals surface area contributed by atoms with Crippen LogP contribution in [0.3, 0.4) is 0 Å². The van der Waals surface area contributed by atoms with E-state index in [1.54, 1.807) is 11.1 Å². The number of hydrogen-bond donors (Lipinski definition) is 0. The summed E-state index contributed by atoms with van der Waals surface area (Å²) < 4.78 is 22.8. The van der Waals surface area contributed by atoms with Crippen molar-refractivity contribution in [2.45, 2.75) is 31.8 Å². The monoisotopic (exact) mass is 579 g/mol. The molecule has 10 heteroatoms. The third-order valence-corrected chi connectivity index (χ3v) is 8.63. The summed E-state index contributed by atoms with van der Waals surface area (Å²) >= 11 is 0. The number of fused-ring (bicyclic) bond motifs is 2. The number of amides is 1. The number of rotatable bonds is 7. The highest BCUT2D eigenvalue weighted by Gasteiger charge is 2.34. The molecule has 220 valence electrons. The van der Waals surface area contributed by atoms with E-state index in [0.717, 1.165) is 35.7 Å². The molecule has 0 N–H and O–H groups in total. The molecule has 2 fully saturated rings. The van der Waals surface area contributed by atoms with Gasteiger partial charge in [0.1, 0.15) is 29.7 Å². The van der Waals surface area contributed by atoms with Crippen LogP contribution in [0.25, 0.3) is 37.8 Å². The van der Waals surface area contributed by atoms with E-state index in [0.29, 0.717) is 43.0 Å². The lowest BCUT2D eigenvalue weighted by Gasteiger charge is -2.39. The maximum atomic E-state index is 16.6. The van der Waals surface area contributed by atoms with Gasteiger partial charge in [0.15, 0.2) is 5.82 Å². The van der Waals surface area contributed by atoms with Crippen molar-refractivity contribution in [3.8, 4) is 17.3 Å². The Morgan fingerprint density at radius 3 is 2.74 bits per heavy atom. The summed E-state index contributed by atoms with van der Waals surface area (Å²) in [6.45, 7) is 15.8. The lowest BCUT2D eigenvalue weighted by molar-refractivity contribution is -0.128. The van der Waals surface area contributed by atoms with Crippen molar-refractivity contribution >= 4 is 33.4 Å². The van der Waals surface area contributed by atoms with Gasteiger partial charge in [-0.15, -0.1) is 0 Å². The molecule has 2 aromatic carbocycles. The first kappa shape index (κ1) is 28.5. The summed E-state index contributed by atoms with van der Waals surface area (Å²) in [5.74, 6) is -0.279. The Kier molecular flexibility index (Phi) is 7.91. The number of anilines is 1. The number of halogens is 1. The molecule has 9 nitrogen and oxygen atoms in total. The number of aryl methyl sites for hydroxylation is 1. The fourth-order valence-corrected chi connectivity index (χ4v) is 6.32. The van der Waals surface area contributed by atoms with Crippen molar-refractivity contribution in [2.24, 2.45) is 0 Å². The van der Waals surface area contributed by atoms with Crippen molar-refractivity contribution in [1.29, 1.82) is 0 Å². The van der Waals surface area contributed by atoms with Crippen LogP contribution in [0.1, 0.15) is 18.4 Å². The second kappa shape index (κ2) is 11.9. The number of benzene rings is 2. The molecule has 43 heavy (non-hydrogen) atoms. The number of pyridine rings is 1. The molecule has 2 aliphatic rings. The Bertz CT molecular complexity index is 1750. The summed E-state index contributed by atoms with van der Waals surface area (Å²) in [6.07, 6.45) is 5.00. The average molecular weight is 580 g/mol. The predicted octanol–water partition coefficient (Wildman–Crippen LogP) is 4.89. The third kappa shape index (κ3) is 5.37. The van der Waals surface area contributed by atoms with Crippen molar-refractivity contribution in [1.82, 2.24) is 24.8 Å². The van der Waals surface area contributed by atoms with Crippen molar-refractivity contribution in [3.63, 3.8) is 0 Å². The molecule has 4 aromatic rings. The minimum absolute atomic E-state index is 0.0966. The molecule has 2 atom stereocenters. The van der Waals surface area contributed by atoms with Crippen LogP contribution in [0.2, 0.25) is 0 Å². The summed E-state index contributed by atoms with van der Waals surface area (Å²) in [5, 5.41) is 2.40. The maximum absolute atomic E-state index is 16.6. The molecule has 2 aromatic heterocycles. The number of aromatic nitrogens is 3.